The maximum Gasteiger partial charge on any atom is 0.234 e. The van der Waals surface area contributed by atoms with Crippen LogP contribution in [0.25, 0.3) is 0 Å². The quantitative estimate of drug-likeness (QED) is 0.590. The molecule has 5 heteroatoms. The molecular weight excluding hydrogens is 242 g/mol. The standard InChI is InChI=1S/C14H27N3O2/c1-5-12-8-17(7-6-13(12)16-19)9-14(18)15-11(4)10(2)3/h10-12,19H,5-9H2,1-4H3,(H,15,18). The van der Waals surface area contributed by atoms with Crippen LogP contribution >= 0.6 is 0 Å². The molecule has 1 amide bonds. The summed E-state index contributed by atoms with van der Waals surface area (Å²) in [5.41, 5.74) is 0.870. The van der Waals surface area contributed by atoms with Gasteiger partial charge in [-0.05, 0) is 19.3 Å². The normalized spacial score (nSPS) is 24.7. The lowest BCUT2D eigenvalue weighted by atomic mass is 9.93. The van der Waals surface area contributed by atoms with Crippen molar-refractivity contribution in [2.24, 2.45) is 17.0 Å². The van der Waals surface area contributed by atoms with Gasteiger partial charge in [0.25, 0.3) is 0 Å². The summed E-state index contributed by atoms with van der Waals surface area (Å²) in [6.07, 6.45) is 1.70. The maximum atomic E-state index is 11.9. The van der Waals surface area contributed by atoms with Gasteiger partial charge in [-0.2, -0.15) is 0 Å². The van der Waals surface area contributed by atoms with E-state index in [1.54, 1.807) is 0 Å². The first-order valence-electron chi connectivity index (χ1n) is 7.20. The van der Waals surface area contributed by atoms with Crippen molar-refractivity contribution in [3.63, 3.8) is 0 Å². The highest BCUT2D eigenvalue weighted by Gasteiger charge is 2.26. The van der Waals surface area contributed by atoms with Crippen molar-refractivity contribution in [1.82, 2.24) is 10.2 Å². The Morgan fingerprint density at radius 3 is 2.74 bits per heavy atom. The number of rotatable bonds is 5. The number of carbonyl (C=O) groups is 1. The number of hydrogen-bond donors (Lipinski definition) is 2. The minimum absolute atomic E-state index is 0.0837. The predicted molar refractivity (Wildman–Crippen MR) is 76.5 cm³/mol. The molecule has 1 heterocycles. The zero-order valence-electron chi connectivity index (χ0n) is 12.5. The Labute approximate surface area is 116 Å². The van der Waals surface area contributed by atoms with E-state index in [2.05, 4.69) is 36.1 Å². The second-order valence-corrected chi connectivity index (χ2v) is 5.78. The van der Waals surface area contributed by atoms with Gasteiger partial charge in [0.15, 0.2) is 0 Å². The molecule has 0 aliphatic carbocycles. The molecule has 1 aliphatic rings. The van der Waals surface area contributed by atoms with E-state index in [4.69, 9.17) is 5.21 Å². The summed E-state index contributed by atoms with van der Waals surface area (Å²) in [5, 5.41) is 15.3. The molecule has 1 saturated heterocycles. The summed E-state index contributed by atoms with van der Waals surface area (Å²) in [4.78, 5) is 14.1. The van der Waals surface area contributed by atoms with Gasteiger partial charge in [0, 0.05) is 31.5 Å². The number of hydrogen-bond acceptors (Lipinski definition) is 4. The van der Waals surface area contributed by atoms with E-state index in [-0.39, 0.29) is 17.9 Å². The molecule has 0 spiro atoms. The van der Waals surface area contributed by atoms with Gasteiger partial charge in [-0.15, -0.1) is 0 Å². The van der Waals surface area contributed by atoms with Crippen LogP contribution in [-0.2, 0) is 4.79 Å². The van der Waals surface area contributed by atoms with Gasteiger partial charge in [-0.3, -0.25) is 9.69 Å². The lowest BCUT2D eigenvalue weighted by molar-refractivity contribution is -0.123. The second kappa shape index (κ2) is 7.48. The lowest BCUT2D eigenvalue weighted by Crippen LogP contribution is -2.47. The summed E-state index contributed by atoms with van der Waals surface area (Å²) in [6, 6.07) is 0.203. The number of oxime groups is 1. The maximum absolute atomic E-state index is 11.9. The van der Waals surface area contributed by atoms with Crippen LogP contribution in [0.1, 0.15) is 40.5 Å². The molecule has 110 valence electrons. The Morgan fingerprint density at radius 1 is 1.53 bits per heavy atom. The highest BCUT2D eigenvalue weighted by atomic mass is 16.4. The number of carbonyl (C=O) groups excluding carboxylic acids is 1. The Kier molecular flexibility index (Phi) is 6.28. The van der Waals surface area contributed by atoms with Crippen molar-refractivity contribution < 1.29 is 10.0 Å². The average Bonchev–Trinajstić information content (AvgIpc) is 2.38. The molecule has 0 aromatic carbocycles. The van der Waals surface area contributed by atoms with Crippen LogP contribution in [0.3, 0.4) is 0 Å². The second-order valence-electron chi connectivity index (χ2n) is 5.78. The van der Waals surface area contributed by atoms with Crippen LogP contribution in [-0.4, -0.2) is 47.4 Å². The fraction of sp³-hybridized carbons (Fsp3) is 0.857. The Morgan fingerprint density at radius 2 is 2.21 bits per heavy atom. The summed E-state index contributed by atoms with van der Waals surface area (Å²) in [7, 11) is 0. The number of amides is 1. The fourth-order valence-corrected chi connectivity index (χ4v) is 2.29. The van der Waals surface area contributed by atoms with Crippen molar-refractivity contribution in [1.29, 1.82) is 0 Å². The topological polar surface area (TPSA) is 64.9 Å². The zero-order chi connectivity index (χ0) is 14.4. The predicted octanol–water partition coefficient (Wildman–Crippen LogP) is 1.71. The Bertz CT molecular complexity index is 329. The van der Waals surface area contributed by atoms with Crippen molar-refractivity contribution in [3.8, 4) is 0 Å². The van der Waals surface area contributed by atoms with Crippen LogP contribution in [0.2, 0.25) is 0 Å². The monoisotopic (exact) mass is 269 g/mol. The highest BCUT2D eigenvalue weighted by Crippen LogP contribution is 2.17. The van der Waals surface area contributed by atoms with Gasteiger partial charge in [-0.1, -0.05) is 25.9 Å². The summed E-state index contributed by atoms with van der Waals surface area (Å²) < 4.78 is 0. The lowest BCUT2D eigenvalue weighted by Gasteiger charge is -2.32. The van der Waals surface area contributed by atoms with Crippen LogP contribution in [0, 0.1) is 11.8 Å². The molecule has 1 aliphatic heterocycles. The molecule has 0 radical (unpaired) electrons. The van der Waals surface area contributed by atoms with E-state index in [1.807, 2.05) is 6.92 Å². The molecule has 2 unspecified atom stereocenters. The number of piperidine rings is 1. The number of nitrogens with zero attached hydrogens (tertiary/aromatic N) is 2. The molecular formula is C14H27N3O2. The first-order valence-corrected chi connectivity index (χ1v) is 7.20. The van der Waals surface area contributed by atoms with Gasteiger partial charge in [0.05, 0.1) is 12.3 Å². The van der Waals surface area contributed by atoms with Gasteiger partial charge < -0.3 is 10.5 Å². The third kappa shape index (κ3) is 4.82. The summed E-state index contributed by atoms with van der Waals surface area (Å²) >= 11 is 0. The SMILES string of the molecule is CCC1CN(CC(=O)NC(C)C(C)C)CCC1=NO. The Hall–Kier alpha value is -1.10. The minimum atomic E-state index is 0.0837. The van der Waals surface area contributed by atoms with Crippen LogP contribution in [0.5, 0.6) is 0 Å². The molecule has 0 saturated carbocycles. The van der Waals surface area contributed by atoms with Crippen molar-refractivity contribution >= 4 is 11.6 Å². The Balaban J connectivity index is 2.44. The molecule has 0 aromatic heterocycles. The van der Waals surface area contributed by atoms with Gasteiger partial charge >= 0.3 is 0 Å². The summed E-state index contributed by atoms with van der Waals surface area (Å²) in [5.74, 6) is 0.802. The molecule has 0 bridgehead atoms. The highest BCUT2D eigenvalue weighted by molar-refractivity contribution is 5.87. The van der Waals surface area contributed by atoms with E-state index in [1.165, 1.54) is 0 Å². The smallest absolute Gasteiger partial charge is 0.234 e. The van der Waals surface area contributed by atoms with E-state index in [0.717, 1.165) is 31.6 Å². The first-order chi connectivity index (χ1) is 8.97. The third-order valence-electron chi connectivity index (χ3n) is 4.01. The van der Waals surface area contributed by atoms with E-state index < -0.39 is 0 Å². The first kappa shape index (κ1) is 16.0. The van der Waals surface area contributed by atoms with E-state index in [9.17, 15) is 4.79 Å². The minimum Gasteiger partial charge on any atom is -0.411 e. The van der Waals surface area contributed by atoms with Gasteiger partial charge in [0.2, 0.25) is 5.91 Å². The molecule has 2 N–H and O–H groups in total. The molecule has 1 fully saturated rings. The van der Waals surface area contributed by atoms with Crippen LogP contribution in [0.15, 0.2) is 5.16 Å². The summed E-state index contributed by atoms with van der Waals surface area (Å²) in [6.45, 7) is 10.3. The van der Waals surface area contributed by atoms with Gasteiger partial charge in [-0.25, -0.2) is 0 Å². The average molecular weight is 269 g/mol. The zero-order valence-corrected chi connectivity index (χ0v) is 12.5. The van der Waals surface area contributed by atoms with Crippen molar-refractivity contribution in [2.45, 2.75) is 46.6 Å². The van der Waals surface area contributed by atoms with E-state index in [0.29, 0.717) is 12.5 Å². The third-order valence-corrected chi connectivity index (χ3v) is 4.01. The molecule has 1 rings (SSSR count). The van der Waals surface area contributed by atoms with Crippen molar-refractivity contribution in [2.75, 3.05) is 19.6 Å². The molecule has 19 heavy (non-hydrogen) atoms. The van der Waals surface area contributed by atoms with E-state index >= 15 is 0 Å². The van der Waals surface area contributed by atoms with Gasteiger partial charge in [0.1, 0.15) is 0 Å². The molecule has 0 aromatic rings. The molecule has 2 atom stereocenters. The van der Waals surface area contributed by atoms with Crippen molar-refractivity contribution in [3.05, 3.63) is 0 Å². The largest absolute Gasteiger partial charge is 0.411 e. The van der Waals surface area contributed by atoms with Crippen LogP contribution < -0.4 is 5.32 Å². The fourth-order valence-electron chi connectivity index (χ4n) is 2.29. The number of likely N-dealkylation sites (tertiary alicyclic amines) is 1. The molecule has 5 nitrogen and oxygen atoms in total. The number of nitrogens with one attached hydrogen (secondary N) is 1. The van der Waals surface area contributed by atoms with Crippen LogP contribution in [0.4, 0.5) is 0 Å².